The predicted molar refractivity (Wildman–Crippen MR) is 112 cm³/mol. The second-order valence-corrected chi connectivity index (χ2v) is 8.24. The lowest BCUT2D eigenvalue weighted by molar-refractivity contribution is 0.0998. The van der Waals surface area contributed by atoms with E-state index in [0.717, 1.165) is 16.5 Å². The van der Waals surface area contributed by atoms with Gasteiger partial charge in [-0.05, 0) is 53.9 Å². The summed E-state index contributed by atoms with van der Waals surface area (Å²) in [5, 5.41) is 8.89. The highest BCUT2D eigenvalue weighted by atomic mass is 32.2. The smallest absolute Gasteiger partial charge is 0.291 e. The van der Waals surface area contributed by atoms with Gasteiger partial charge in [0.15, 0.2) is 5.76 Å². The van der Waals surface area contributed by atoms with E-state index >= 15 is 0 Å². The van der Waals surface area contributed by atoms with Gasteiger partial charge in [0.2, 0.25) is 10.0 Å². The van der Waals surface area contributed by atoms with Gasteiger partial charge in [0, 0.05) is 11.1 Å². The number of nitrogens with two attached hydrogens (primary N) is 1. The molecule has 0 radical (unpaired) electrons. The van der Waals surface area contributed by atoms with E-state index in [-0.39, 0.29) is 16.6 Å². The molecule has 0 atom stereocenters. The molecule has 29 heavy (non-hydrogen) atoms. The molecule has 0 aliphatic heterocycles. The summed E-state index contributed by atoms with van der Waals surface area (Å²) in [5.41, 5.74) is 3.59. The highest BCUT2D eigenvalue weighted by molar-refractivity contribution is 7.89. The molecule has 4 aromatic rings. The highest BCUT2D eigenvalue weighted by Crippen LogP contribution is 2.26. The summed E-state index contributed by atoms with van der Waals surface area (Å²) in [5.74, 6) is -0.0909. The van der Waals surface area contributed by atoms with E-state index in [0.29, 0.717) is 16.8 Å². The standard InChI is InChI=1S/C22H18N2O4S/c1-14-12-16(8-11-21(14)29(23,26)27)15-6-9-18(10-7-15)24-22(25)20-13-17-4-2-3-5-19(17)28-20/h2-13H,1H3,(H,24,25)(H2,23,26,27). The van der Waals surface area contributed by atoms with Gasteiger partial charge in [-0.25, -0.2) is 13.6 Å². The molecule has 6 nitrogen and oxygen atoms in total. The van der Waals surface area contributed by atoms with Crippen LogP contribution in [-0.2, 0) is 10.0 Å². The van der Waals surface area contributed by atoms with Crippen molar-refractivity contribution in [3.63, 3.8) is 0 Å². The molecule has 0 saturated heterocycles. The number of anilines is 1. The molecule has 0 fully saturated rings. The number of fused-ring (bicyclic) bond motifs is 1. The van der Waals surface area contributed by atoms with E-state index in [2.05, 4.69) is 5.32 Å². The summed E-state index contributed by atoms with van der Waals surface area (Å²) >= 11 is 0. The van der Waals surface area contributed by atoms with E-state index in [1.54, 1.807) is 37.3 Å². The van der Waals surface area contributed by atoms with Crippen molar-refractivity contribution in [3.05, 3.63) is 84.1 Å². The minimum atomic E-state index is -3.75. The summed E-state index contributed by atoms with van der Waals surface area (Å²) < 4.78 is 28.7. The molecule has 3 N–H and O–H groups in total. The molecule has 146 valence electrons. The number of amides is 1. The third-order valence-corrected chi connectivity index (χ3v) is 5.68. The molecular weight excluding hydrogens is 388 g/mol. The predicted octanol–water partition coefficient (Wildman–Crippen LogP) is 4.31. The van der Waals surface area contributed by atoms with Crippen molar-refractivity contribution >= 4 is 32.6 Å². The van der Waals surface area contributed by atoms with Crippen LogP contribution in [0.1, 0.15) is 16.1 Å². The van der Waals surface area contributed by atoms with Gasteiger partial charge < -0.3 is 9.73 Å². The lowest BCUT2D eigenvalue weighted by Crippen LogP contribution is -2.13. The van der Waals surface area contributed by atoms with E-state index in [4.69, 9.17) is 9.56 Å². The summed E-state index contributed by atoms with van der Waals surface area (Å²) in [4.78, 5) is 12.5. The third kappa shape index (κ3) is 3.91. The Bertz CT molecular complexity index is 1290. The topological polar surface area (TPSA) is 102 Å². The van der Waals surface area contributed by atoms with Crippen LogP contribution >= 0.6 is 0 Å². The van der Waals surface area contributed by atoms with Gasteiger partial charge in [0.05, 0.1) is 4.90 Å². The average Bonchev–Trinajstić information content (AvgIpc) is 3.12. The molecule has 0 spiro atoms. The van der Waals surface area contributed by atoms with Crippen LogP contribution in [0.25, 0.3) is 22.1 Å². The first-order chi connectivity index (χ1) is 13.8. The molecule has 4 rings (SSSR count). The molecule has 1 aromatic heterocycles. The van der Waals surface area contributed by atoms with Gasteiger partial charge in [0.1, 0.15) is 5.58 Å². The molecule has 3 aromatic carbocycles. The van der Waals surface area contributed by atoms with Crippen molar-refractivity contribution < 1.29 is 17.6 Å². The minimum absolute atomic E-state index is 0.107. The average molecular weight is 406 g/mol. The number of benzene rings is 3. The third-order valence-electron chi connectivity index (χ3n) is 4.61. The molecule has 1 amide bonds. The maximum Gasteiger partial charge on any atom is 0.291 e. The van der Waals surface area contributed by atoms with Gasteiger partial charge in [-0.15, -0.1) is 0 Å². The Morgan fingerprint density at radius 3 is 2.28 bits per heavy atom. The fourth-order valence-electron chi connectivity index (χ4n) is 3.18. The number of aryl methyl sites for hydroxylation is 1. The maximum absolute atomic E-state index is 12.4. The van der Waals surface area contributed by atoms with Crippen LogP contribution in [0.5, 0.6) is 0 Å². The second-order valence-electron chi connectivity index (χ2n) is 6.71. The van der Waals surface area contributed by atoms with Crippen molar-refractivity contribution in [2.45, 2.75) is 11.8 Å². The van der Waals surface area contributed by atoms with Gasteiger partial charge in [-0.3, -0.25) is 4.79 Å². The number of carbonyl (C=O) groups excluding carboxylic acids is 1. The molecule has 0 saturated carbocycles. The first-order valence-corrected chi connectivity index (χ1v) is 10.4. The fraction of sp³-hybridized carbons (Fsp3) is 0.0455. The number of furan rings is 1. The summed E-state index contributed by atoms with van der Waals surface area (Å²) in [6, 6.07) is 21.3. The van der Waals surface area contributed by atoms with Gasteiger partial charge in [-0.1, -0.05) is 42.5 Å². The number of hydrogen-bond acceptors (Lipinski definition) is 4. The van der Waals surface area contributed by atoms with E-state index in [1.807, 2.05) is 36.4 Å². The molecule has 0 aliphatic carbocycles. The second kappa shape index (κ2) is 7.20. The number of hydrogen-bond donors (Lipinski definition) is 2. The van der Waals surface area contributed by atoms with Crippen LogP contribution in [0.3, 0.4) is 0 Å². The van der Waals surface area contributed by atoms with Gasteiger partial charge >= 0.3 is 0 Å². The molecule has 0 unspecified atom stereocenters. The quantitative estimate of drug-likeness (QED) is 0.527. The molecule has 0 bridgehead atoms. The number of rotatable bonds is 4. The molecule has 7 heteroatoms. The lowest BCUT2D eigenvalue weighted by atomic mass is 10.0. The van der Waals surface area contributed by atoms with Crippen LogP contribution in [0.4, 0.5) is 5.69 Å². The fourth-order valence-corrected chi connectivity index (χ4v) is 3.95. The number of sulfonamides is 1. The van der Waals surface area contributed by atoms with Gasteiger partial charge in [-0.2, -0.15) is 0 Å². The zero-order valence-electron chi connectivity index (χ0n) is 15.5. The summed E-state index contributed by atoms with van der Waals surface area (Å²) in [7, 11) is -3.75. The zero-order valence-corrected chi connectivity index (χ0v) is 16.4. The van der Waals surface area contributed by atoms with E-state index in [9.17, 15) is 13.2 Å². The van der Waals surface area contributed by atoms with E-state index < -0.39 is 10.0 Å². The summed E-state index contributed by atoms with van der Waals surface area (Å²) in [6.07, 6.45) is 0. The summed E-state index contributed by atoms with van der Waals surface area (Å²) in [6.45, 7) is 1.70. The van der Waals surface area contributed by atoms with Crippen LogP contribution in [0.2, 0.25) is 0 Å². The number of para-hydroxylation sites is 1. The first kappa shape index (κ1) is 18.9. The largest absolute Gasteiger partial charge is 0.451 e. The number of primary sulfonamides is 1. The Hall–Kier alpha value is -3.42. The Kier molecular flexibility index (Phi) is 4.70. The maximum atomic E-state index is 12.4. The van der Waals surface area contributed by atoms with Crippen LogP contribution in [-0.4, -0.2) is 14.3 Å². The molecule has 0 aliphatic rings. The number of nitrogens with one attached hydrogen (secondary N) is 1. The molecule has 1 heterocycles. The Morgan fingerprint density at radius 2 is 1.62 bits per heavy atom. The van der Waals surface area contributed by atoms with Crippen LogP contribution < -0.4 is 10.5 Å². The Balaban J connectivity index is 1.53. The normalized spacial score (nSPS) is 11.5. The monoisotopic (exact) mass is 406 g/mol. The zero-order chi connectivity index (χ0) is 20.6. The van der Waals surface area contributed by atoms with Crippen molar-refractivity contribution in [1.82, 2.24) is 0 Å². The van der Waals surface area contributed by atoms with Crippen molar-refractivity contribution in [1.29, 1.82) is 0 Å². The highest BCUT2D eigenvalue weighted by Gasteiger charge is 2.14. The lowest BCUT2D eigenvalue weighted by Gasteiger charge is -2.08. The van der Waals surface area contributed by atoms with Crippen LogP contribution in [0, 0.1) is 6.92 Å². The Labute approximate surface area is 168 Å². The van der Waals surface area contributed by atoms with Crippen LogP contribution in [0.15, 0.2) is 82.1 Å². The van der Waals surface area contributed by atoms with Crippen molar-refractivity contribution in [2.75, 3.05) is 5.32 Å². The van der Waals surface area contributed by atoms with Crippen molar-refractivity contribution in [2.24, 2.45) is 5.14 Å². The minimum Gasteiger partial charge on any atom is -0.451 e. The molecular formula is C22H18N2O4S. The number of carbonyl (C=O) groups is 1. The van der Waals surface area contributed by atoms with Crippen molar-refractivity contribution in [3.8, 4) is 11.1 Å². The first-order valence-electron chi connectivity index (χ1n) is 8.85. The van der Waals surface area contributed by atoms with E-state index in [1.165, 1.54) is 6.07 Å². The Morgan fingerprint density at radius 1 is 0.931 bits per heavy atom. The SMILES string of the molecule is Cc1cc(-c2ccc(NC(=O)c3cc4ccccc4o3)cc2)ccc1S(N)(=O)=O. The van der Waals surface area contributed by atoms with Gasteiger partial charge in [0.25, 0.3) is 5.91 Å².